The zero-order valence-corrected chi connectivity index (χ0v) is 18.1. The Kier molecular flexibility index (Phi) is 6.51. The van der Waals surface area contributed by atoms with E-state index in [1.807, 2.05) is 67.7 Å². The first-order valence-corrected chi connectivity index (χ1v) is 10.3. The fourth-order valence-corrected chi connectivity index (χ4v) is 3.33. The van der Waals surface area contributed by atoms with Gasteiger partial charge in [-0.2, -0.15) is 0 Å². The monoisotopic (exact) mass is 427 g/mol. The van der Waals surface area contributed by atoms with Gasteiger partial charge >= 0.3 is 0 Å². The van der Waals surface area contributed by atoms with Crippen LogP contribution < -0.4 is 14.8 Å². The summed E-state index contributed by atoms with van der Waals surface area (Å²) in [6.45, 7) is 3.14. The Morgan fingerprint density at radius 1 is 0.969 bits per heavy atom. The summed E-state index contributed by atoms with van der Waals surface area (Å²) < 4.78 is 13.4. The maximum atomic E-state index is 12.7. The third kappa shape index (κ3) is 5.16. The molecule has 0 spiro atoms. The van der Waals surface area contributed by atoms with Crippen LogP contribution in [0, 0.1) is 6.92 Å². The third-order valence-corrected chi connectivity index (χ3v) is 5.15. The number of nitrogens with zero attached hydrogens (tertiary/aromatic N) is 2. The number of hydrogen-bond donors (Lipinski definition) is 1. The molecule has 0 fully saturated rings. The number of hydrogen-bond acceptors (Lipinski definition) is 4. The molecule has 1 aromatic heterocycles. The van der Waals surface area contributed by atoms with E-state index in [0.717, 1.165) is 29.2 Å². The molecule has 0 aliphatic rings. The zero-order valence-electron chi connectivity index (χ0n) is 18.1. The van der Waals surface area contributed by atoms with Crippen molar-refractivity contribution in [3.63, 3.8) is 0 Å². The standard InChI is InChI=1S/C26H25N3O3/c1-19-27-14-15-29(19)17-20-8-11-23(12-9-20)28-26(30)22-10-13-24(25(16-22)31-2)32-18-21-6-4-3-5-7-21/h3-16H,17-18H2,1-2H3,(H,28,30). The highest BCUT2D eigenvalue weighted by atomic mass is 16.5. The van der Waals surface area contributed by atoms with E-state index in [2.05, 4.69) is 14.9 Å². The van der Waals surface area contributed by atoms with Crippen molar-refractivity contribution in [3.05, 3.63) is 108 Å². The predicted molar refractivity (Wildman–Crippen MR) is 124 cm³/mol. The Morgan fingerprint density at radius 3 is 2.44 bits per heavy atom. The van der Waals surface area contributed by atoms with Crippen LogP contribution >= 0.6 is 0 Å². The molecule has 0 unspecified atom stereocenters. The highest BCUT2D eigenvalue weighted by Gasteiger charge is 2.12. The molecule has 162 valence electrons. The summed E-state index contributed by atoms with van der Waals surface area (Å²) in [5.41, 5.74) is 3.41. The van der Waals surface area contributed by atoms with E-state index in [-0.39, 0.29) is 5.91 Å². The van der Waals surface area contributed by atoms with E-state index in [4.69, 9.17) is 9.47 Å². The summed E-state index contributed by atoms with van der Waals surface area (Å²) in [6, 6.07) is 22.9. The Balaban J connectivity index is 1.39. The van der Waals surface area contributed by atoms with Crippen LogP contribution in [0.1, 0.15) is 27.3 Å². The van der Waals surface area contributed by atoms with Gasteiger partial charge in [0.25, 0.3) is 5.91 Å². The van der Waals surface area contributed by atoms with Gasteiger partial charge in [-0.15, -0.1) is 0 Å². The number of benzene rings is 3. The lowest BCUT2D eigenvalue weighted by Crippen LogP contribution is -2.12. The van der Waals surface area contributed by atoms with Crippen LogP contribution in [0.4, 0.5) is 5.69 Å². The molecule has 1 heterocycles. The molecule has 6 nitrogen and oxygen atoms in total. The summed E-state index contributed by atoms with van der Waals surface area (Å²) in [6.07, 6.45) is 3.74. The minimum absolute atomic E-state index is 0.212. The van der Waals surface area contributed by atoms with E-state index >= 15 is 0 Å². The van der Waals surface area contributed by atoms with Gasteiger partial charge < -0.3 is 19.4 Å². The second-order valence-corrected chi connectivity index (χ2v) is 7.39. The van der Waals surface area contributed by atoms with Crippen molar-refractivity contribution >= 4 is 11.6 Å². The van der Waals surface area contributed by atoms with Crippen LogP contribution in [0.25, 0.3) is 0 Å². The van der Waals surface area contributed by atoms with Gasteiger partial charge in [0.2, 0.25) is 0 Å². The molecule has 4 rings (SSSR count). The molecule has 1 amide bonds. The summed E-state index contributed by atoms with van der Waals surface area (Å²) in [4.78, 5) is 17.0. The number of amides is 1. The molecule has 6 heteroatoms. The lowest BCUT2D eigenvalue weighted by atomic mass is 10.1. The van der Waals surface area contributed by atoms with Crippen LogP contribution in [0.2, 0.25) is 0 Å². The van der Waals surface area contributed by atoms with Crippen molar-refractivity contribution in [2.24, 2.45) is 0 Å². The molecule has 32 heavy (non-hydrogen) atoms. The molecule has 3 aromatic carbocycles. The average Bonchev–Trinajstić information content (AvgIpc) is 3.23. The number of aromatic nitrogens is 2. The smallest absolute Gasteiger partial charge is 0.255 e. The van der Waals surface area contributed by atoms with Gasteiger partial charge in [0.15, 0.2) is 11.5 Å². The third-order valence-electron chi connectivity index (χ3n) is 5.15. The first-order valence-electron chi connectivity index (χ1n) is 10.3. The minimum atomic E-state index is -0.212. The SMILES string of the molecule is COc1cc(C(=O)Nc2ccc(Cn3ccnc3C)cc2)ccc1OCc1ccccc1. The molecule has 1 N–H and O–H groups in total. The van der Waals surface area contributed by atoms with Crippen molar-refractivity contribution in [1.29, 1.82) is 0 Å². The first kappa shape index (κ1) is 21.2. The minimum Gasteiger partial charge on any atom is -0.493 e. The topological polar surface area (TPSA) is 65.4 Å². The van der Waals surface area contributed by atoms with Crippen molar-refractivity contribution in [3.8, 4) is 11.5 Å². The molecule has 0 radical (unpaired) electrons. The maximum Gasteiger partial charge on any atom is 0.255 e. The first-order chi connectivity index (χ1) is 15.6. The summed E-state index contributed by atoms with van der Waals surface area (Å²) in [5, 5.41) is 2.93. The van der Waals surface area contributed by atoms with Crippen LogP contribution in [-0.4, -0.2) is 22.6 Å². The lowest BCUT2D eigenvalue weighted by Gasteiger charge is -2.13. The number of carbonyl (C=O) groups excluding carboxylic acids is 1. The Bertz CT molecular complexity index is 1180. The Morgan fingerprint density at radius 2 is 1.75 bits per heavy atom. The normalized spacial score (nSPS) is 10.6. The predicted octanol–water partition coefficient (Wildman–Crippen LogP) is 5.08. The number of carbonyl (C=O) groups is 1. The second-order valence-electron chi connectivity index (χ2n) is 7.39. The molecular weight excluding hydrogens is 402 g/mol. The van der Waals surface area contributed by atoms with Gasteiger partial charge in [-0.25, -0.2) is 4.98 Å². The molecule has 0 atom stereocenters. The number of nitrogens with one attached hydrogen (secondary N) is 1. The van der Waals surface area contributed by atoms with E-state index in [1.165, 1.54) is 0 Å². The molecule has 4 aromatic rings. The molecular formula is C26H25N3O3. The number of anilines is 1. The number of ether oxygens (including phenoxy) is 2. The van der Waals surface area contributed by atoms with Crippen LogP contribution in [0.5, 0.6) is 11.5 Å². The molecule has 0 bridgehead atoms. The Hall–Kier alpha value is -4.06. The van der Waals surface area contributed by atoms with E-state index in [0.29, 0.717) is 23.7 Å². The van der Waals surface area contributed by atoms with Gasteiger partial charge in [-0.05, 0) is 48.4 Å². The quantitative estimate of drug-likeness (QED) is 0.426. The fraction of sp³-hybridized carbons (Fsp3) is 0.154. The highest BCUT2D eigenvalue weighted by molar-refractivity contribution is 6.04. The van der Waals surface area contributed by atoms with Gasteiger partial charge in [-0.1, -0.05) is 42.5 Å². The molecule has 0 saturated carbocycles. The second kappa shape index (κ2) is 9.83. The molecule has 0 saturated heterocycles. The summed E-state index contributed by atoms with van der Waals surface area (Å²) in [7, 11) is 1.56. The average molecular weight is 428 g/mol. The van der Waals surface area contributed by atoms with Crippen LogP contribution in [0.3, 0.4) is 0 Å². The molecule has 0 aliphatic carbocycles. The number of rotatable bonds is 8. The molecule has 0 aliphatic heterocycles. The van der Waals surface area contributed by atoms with Crippen LogP contribution in [0.15, 0.2) is 85.2 Å². The zero-order chi connectivity index (χ0) is 22.3. The van der Waals surface area contributed by atoms with Gasteiger partial charge in [0.05, 0.1) is 7.11 Å². The largest absolute Gasteiger partial charge is 0.493 e. The number of methoxy groups -OCH3 is 1. The van der Waals surface area contributed by atoms with E-state index in [9.17, 15) is 4.79 Å². The summed E-state index contributed by atoms with van der Waals surface area (Å²) in [5.74, 6) is 1.86. The van der Waals surface area contributed by atoms with Crippen molar-refractivity contribution in [2.75, 3.05) is 12.4 Å². The van der Waals surface area contributed by atoms with Gasteiger partial charge in [0, 0.05) is 30.2 Å². The van der Waals surface area contributed by atoms with Crippen molar-refractivity contribution in [1.82, 2.24) is 9.55 Å². The van der Waals surface area contributed by atoms with E-state index < -0.39 is 0 Å². The van der Waals surface area contributed by atoms with E-state index in [1.54, 1.807) is 31.5 Å². The fourth-order valence-electron chi connectivity index (χ4n) is 3.33. The summed E-state index contributed by atoms with van der Waals surface area (Å²) >= 11 is 0. The highest BCUT2D eigenvalue weighted by Crippen LogP contribution is 2.29. The maximum absolute atomic E-state index is 12.7. The van der Waals surface area contributed by atoms with Gasteiger partial charge in [0.1, 0.15) is 12.4 Å². The Labute approximate surface area is 187 Å². The van der Waals surface area contributed by atoms with Crippen LogP contribution in [-0.2, 0) is 13.2 Å². The van der Waals surface area contributed by atoms with Crippen molar-refractivity contribution in [2.45, 2.75) is 20.1 Å². The van der Waals surface area contributed by atoms with Crippen molar-refractivity contribution < 1.29 is 14.3 Å². The number of aryl methyl sites for hydroxylation is 1. The number of imidazole rings is 1. The van der Waals surface area contributed by atoms with Gasteiger partial charge in [-0.3, -0.25) is 4.79 Å². The lowest BCUT2D eigenvalue weighted by molar-refractivity contribution is 0.102.